The predicted octanol–water partition coefficient (Wildman–Crippen LogP) is 1.35. The summed E-state index contributed by atoms with van der Waals surface area (Å²) in [5.41, 5.74) is 7.49. The molecule has 1 aromatic rings. The molecule has 1 aromatic carbocycles. The van der Waals surface area contributed by atoms with Crippen molar-refractivity contribution < 1.29 is 9.59 Å². The summed E-state index contributed by atoms with van der Waals surface area (Å²) in [6, 6.07) is 7.08. The van der Waals surface area contributed by atoms with Gasteiger partial charge in [-0.05, 0) is 37.5 Å². The fourth-order valence-corrected chi connectivity index (χ4v) is 1.90. The van der Waals surface area contributed by atoms with Crippen molar-refractivity contribution in [2.75, 3.05) is 18.4 Å². The molecule has 6 heteroatoms. The van der Waals surface area contributed by atoms with E-state index in [2.05, 4.69) is 16.0 Å². The fraction of sp³-hybridized carbons (Fsp3) is 0.467. The van der Waals surface area contributed by atoms with Gasteiger partial charge in [0.25, 0.3) is 0 Å². The molecular weight excluding hydrogens is 268 g/mol. The highest BCUT2D eigenvalue weighted by Crippen LogP contribution is 2.28. The molecule has 0 heterocycles. The van der Waals surface area contributed by atoms with Crippen LogP contribution < -0.4 is 21.7 Å². The van der Waals surface area contributed by atoms with E-state index in [9.17, 15) is 9.59 Å². The van der Waals surface area contributed by atoms with Crippen LogP contribution in [-0.2, 0) is 4.79 Å². The van der Waals surface area contributed by atoms with Crippen LogP contribution in [0.2, 0.25) is 0 Å². The van der Waals surface area contributed by atoms with Gasteiger partial charge in [-0.3, -0.25) is 4.79 Å². The summed E-state index contributed by atoms with van der Waals surface area (Å²) in [4.78, 5) is 23.0. The molecule has 0 radical (unpaired) electrons. The summed E-state index contributed by atoms with van der Waals surface area (Å²) in [6.07, 6.45) is 1.97. The minimum absolute atomic E-state index is 0.0250. The van der Waals surface area contributed by atoms with E-state index >= 15 is 0 Å². The largest absolute Gasteiger partial charge is 0.354 e. The van der Waals surface area contributed by atoms with Gasteiger partial charge in [-0.15, -0.1) is 0 Å². The van der Waals surface area contributed by atoms with Crippen LogP contribution in [0.15, 0.2) is 24.3 Å². The van der Waals surface area contributed by atoms with E-state index in [-0.39, 0.29) is 23.9 Å². The third-order valence-corrected chi connectivity index (χ3v) is 3.35. The normalized spacial score (nSPS) is 15.1. The predicted molar refractivity (Wildman–Crippen MR) is 81.8 cm³/mol. The van der Waals surface area contributed by atoms with Crippen LogP contribution in [0.4, 0.5) is 10.5 Å². The second kappa shape index (κ2) is 7.08. The van der Waals surface area contributed by atoms with E-state index in [1.54, 1.807) is 0 Å². The highest BCUT2D eigenvalue weighted by Gasteiger charge is 2.28. The number of anilines is 1. The van der Waals surface area contributed by atoms with E-state index in [1.165, 1.54) is 0 Å². The first-order chi connectivity index (χ1) is 10.1. The Morgan fingerprint density at radius 2 is 1.81 bits per heavy atom. The van der Waals surface area contributed by atoms with Crippen molar-refractivity contribution in [2.45, 2.75) is 25.8 Å². The van der Waals surface area contributed by atoms with Crippen LogP contribution in [0.1, 0.15) is 31.4 Å². The second-order valence-electron chi connectivity index (χ2n) is 5.36. The van der Waals surface area contributed by atoms with Crippen molar-refractivity contribution in [3.8, 4) is 0 Å². The van der Waals surface area contributed by atoms with Gasteiger partial charge in [0.05, 0.1) is 0 Å². The summed E-state index contributed by atoms with van der Waals surface area (Å²) >= 11 is 0. The number of rotatable bonds is 6. The minimum Gasteiger partial charge on any atom is -0.354 e. The lowest BCUT2D eigenvalue weighted by molar-refractivity contribution is -0.122. The number of benzene rings is 1. The highest BCUT2D eigenvalue weighted by molar-refractivity contribution is 5.89. The van der Waals surface area contributed by atoms with Gasteiger partial charge in [0, 0.05) is 30.7 Å². The first-order valence-electron chi connectivity index (χ1n) is 7.24. The topological polar surface area (TPSA) is 96.2 Å². The number of nitrogens with one attached hydrogen (secondary N) is 3. The van der Waals surface area contributed by atoms with Crippen LogP contribution in [-0.4, -0.2) is 25.0 Å². The average Bonchev–Trinajstić information content (AvgIpc) is 3.28. The van der Waals surface area contributed by atoms with Gasteiger partial charge >= 0.3 is 6.03 Å². The van der Waals surface area contributed by atoms with Crippen LogP contribution in [0.25, 0.3) is 0 Å². The SMILES string of the molecule is CC(N)c1ccc(NC(=O)NCCNC(=O)C2CC2)cc1. The summed E-state index contributed by atoms with van der Waals surface area (Å²) in [7, 11) is 0. The molecule has 1 atom stereocenters. The summed E-state index contributed by atoms with van der Waals surface area (Å²) in [5, 5.41) is 8.21. The summed E-state index contributed by atoms with van der Waals surface area (Å²) in [5.74, 6) is 0.283. The molecule has 0 aromatic heterocycles. The number of hydrogen-bond acceptors (Lipinski definition) is 3. The smallest absolute Gasteiger partial charge is 0.319 e. The molecule has 5 N–H and O–H groups in total. The van der Waals surface area contributed by atoms with Gasteiger partial charge in [-0.25, -0.2) is 4.79 Å². The highest BCUT2D eigenvalue weighted by atomic mass is 16.2. The zero-order valence-corrected chi connectivity index (χ0v) is 12.2. The lowest BCUT2D eigenvalue weighted by atomic mass is 10.1. The first-order valence-corrected chi connectivity index (χ1v) is 7.24. The molecule has 6 nitrogen and oxygen atoms in total. The van der Waals surface area contributed by atoms with E-state index in [4.69, 9.17) is 5.73 Å². The van der Waals surface area contributed by atoms with Crippen molar-refractivity contribution in [3.05, 3.63) is 29.8 Å². The second-order valence-corrected chi connectivity index (χ2v) is 5.36. The molecule has 0 spiro atoms. The Labute approximate surface area is 124 Å². The quantitative estimate of drug-likeness (QED) is 0.595. The molecule has 0 aliphatic heterocycles. The first kappa shape index (κ1) is 15.3. The van der Waals surface area contributed by atoms with Crippen molar-refractivity contribution in [3.63, 3.8) is 0 Å². The maximum Gasteiger partial charge on any atom is 0.319 e. The number of carbonyl (C=O) groups is 2. The summed E-state index contributed by atoms with van der Waals surface area (Å²) < 4.78 is 0. The average molecular weight is 290 g/mol. The molecular formula is C15H22N4O2. The Bertz CT molecular complexity index is 495. The Hall–Kier alpha value is -2.08. The minimum atomic E-state index is -0.288. The number of amides is 3. The van der Waals surface area contributed by atoms with Crippen molar-refractivity contribution >= 4 is 17.6 Å². The molecule has 1 unspecified atom stereocenters. The molecule has 1 aliphatic rings. The maximum atomic E-state index is 11.7. The third-order valence-electron chi connectivity index (χ3n) is 3.35. The Kier molecular flexibility index (Phi) is 5.16. The van der Waals surface area contributed by atoms with E-state index < -0.39 is 0 Å². The Balaban J connectivity index is 1.65. The lowest BCUT2D eigenvalue weighted by Gasteiger charge is -2.10. The third kappa shape index (κ3) is 5.07. The molecule has 1 saturated carbocycles. The molecule has 21 heavy (non-hydrogen) atoms. The van der Waals surface area contributed by atoms with Crippen LogP contribution in [0.5, 0.6) is 0 Å². The van der Waals surface area contributed by atoms with Crippen molar-refractivity contribution in [2.24, 2.45) is 11.7 Å². The number of nitrogens with two attached hydrogens (primary N) is 1. The molecule has 0 saturated heterocycles. The van der Waals surface area contributed by atoms with Gasteiger partial charge in [0.15, 0.2) is 0 Å². The number of carbonyl (C=O) groups excluding carboxylic acids is 2. The number of urea groups is 1. The number of hydrogen-bond donors (Lipinski definition) is 4. The molecule has 1 fully saturated rings. The molecule has 114 valence electrons. The van der Waals surface area contributed by atoms with Crippen LogP contribution >= 0.6 is 0 Å². The fourth-order valence-electron chi connectivity index (χ4n) is 1.90. The Morgan fingerprint density at radius 1 is 1.19 bits per heavy atom. The van der Waals surface area contributed by atoms with Crippen molar-refractivity contribution in [1.29, 1.82) is 0 Å². The van der Waals surface area contributed by atoms with Gasteiger partial charge in [-0.1, -0.05) is 12.1 Å². The van der Waals surface area contributed by atoms with E-state index in [0.29, 0.717) is 18.8 Å². The monoisotopic (exact) mass is 290 g/mol. The maximum absolute atomic E-state index is 11.7. The van der Waals surface area contributed by atoms with Crippen LogP contribution in [0.3, 0.4) is 0 Å². The lowest BCUT2D eigenvalue weighted by Crippen LogP contribution is -2.37. The van der Waals surface area contributed by atoms with Gasteiger partial charge in [0.2, 0.25) is 5.91 Å². The standard InChI is InChI=1S/C15H22N4O2/c1-10(16)11-4-6-13(7-5-11)19-15(21)18-9-8-17-14(20)12-2-3-12/h4-7,10,12H,2-3,8-9,16H2,1H3,(H,17,20)(H2,18,19,21). The van der Waals surface area contributed by atoms with E-state index in [1.807, 2.05) is 31.2 Å². The van der Waals surface area contributed by atoms with E-state index in [0.717, 1.165) is 18.4 Å². The van der Waals surface area contributed by atoms with Gasteiger partial charge in [0.1, 0.15) is 0 Å². The molecule has 1 aliphatic carbocycles. The zero-order chi connectivity index (χ0) is 15.2. The van der Waals surface area contributed by atoms with Crippen LogP contribution in [0, 0.1) is 5.92 Å². The molecule has 0 bridgehead atoms. The van der Waals surface area contributed by atoms with Gasteiger partial charge < -0.3 is 21.7 Å². The Morgan fingerprint density at radius 3 is 2.38 bits per heavy atom. The molecule has 2 rings (SSSR count). The summed E-state index contributed by atoms with van der Waals surface area (Å²) in [6.45, 7) is 2.76. The molecule has 3 amide bonds. The zero-order valence-electron chi connectivity index (χ0n) is 12.2. The van der Waals surface area contributed by atoms with Gasteiger partial charge in [-0.2, -0.15) is 0 Å². The van der Waals surface area contributed by atoms with Crippen molar-refractivity contribution in [1.82, 2.24) is 10.6 Å².